The molecule has 22 aromatic rings. The molecule has 14 heteroatoms. The van der Waals surface area contributed by atoms with Gasteiger partial charge < -0.3 is 27.6 Å². The number of para-hydroxylation sites is 4. The maximum atomic E-state index is 6.48. The molecule has 1 saturated heterocycles. The van der Waals surface area contributed by atoms with Gasteiger partial charge in [0.25, 0.3) is 0 Å². The number of benzene rings is 14. The second kappa shape index (κ2) is 31.1. The van der Waals surface area contributed by atoms with Crippen molar-refractivity contribution in [3.05, 3.63) is 406 Å². The van der Waals surface area contributed by atoms with Gasteiger partial charge in [-0.2, -0.15) is 0 Å². The van der Waals surface area contributed by atoms with Crippen molar-refractivity contribution in [2.75, 3.05) is 0 Å². The Morgan fingerprint density at radius 2 is 0.672 bits per heavy atom. The molecular weight excluding hydrogens is 1520 g/mol. The Hall–Kier alpha value is -15.0. The summed E-state index contributed by atoms with van der Waals surface area (Å²) in [4.78, 5) is 28.1. The topological polar surface area (TPSA) is 116 Å². The summed E-state index contributed by atoms with van der Waals surface area (Å²) in [7, 11) is -0.428. The third-order valence-corrected chi connectivity index (χ3v) is 24.1. The quantitative estimate of drug-likeness (QED) is 0.0877. The van der Waals surface area contributed by atoms with Crippen LogP contribution in [0.2, 0.25) is 5.28 Å². The molecule has 582 valence electrons. The molecule has 14 aromatic carbocycles. The van der Waals surface area contributed by atoms with Crippen molar-refractivity contribution >= 4 is 111 Å². The van der Waals surface area contributed by atoms with Gasteiger partial charge in [0.1, 0.15) is 0 Å². The second-order valence-corrected chi connectivity index (χ2v) is 32.1. The maximum Gasteiger partial charge on any atom is 0.494 e. The third kappa shape index (κ3) is 13.7. The molecule has 9 heterocycles. The van der Waals surface area contributed by atoms with E-state index in [0.29, 0.717) is 5.82 Å². The summed E-state index contributed by atoms with van der Waals surface area (Å²) in [5.74, 6) is 0.690. The zero-order valence-electron chi connectivity index (χ0n) is 67.3. The number of rotatable bonds is 12. The minimum Gasteiger partial charge on any atom is -0.399 e. The molecule has 0 bridgehead atoms. The molecule has 122 heavy (non-hydrogen) atoms. The first-order chi connectivity index (χ1) is 59.9. The summed E-state index contributed by atoms with van der Waals surface area (Å²) in [6, 6.07) is 131. The van der Waals surface area contributed by atoms with Crippen LogP contribution >= 0.6 is 11.6 Å². The van der Waals surface area contributed by atoms with Crippen LogP contribution in [0.1, 0.15) is 27.7 Å². The number of pyridine rings is 2. The lowest BCUT2D eigenvalue weighted by Gasteiger charge is -2.32. The summed E-state index contributed by atoms with van der Waals surface area (Å²) < 4.78 is 22.3. The van der Waals surface area contributed by atoms with Gasteiger partial charge in [0.05, 0.1) is 78.1 Å². The smallest absolute Gasteiger partial charge is 0.399 e. The zero-order chi connectivity index (χ0) is 82.0. The van der Waals surface area contributed by atoms with Gasteiger partial charge in [-0.25, -0.2) is 19.9 Å². The molecule has 0 spiro atoms. The predicted octanol–water partition coefficient (Wildman–Crippen LogP) is 26.4. The van der Waals surface area contributed by atoms with E-state index in [2.05, 4.69) is 363 Å². The van der Waals surface area contributed by atoms with E-state index >= 15 is 0 Å². The summed E-state index contributed by atoms with van der Waals surface area (Å²) in [5.41, 5.74) is 27.0. The minimum atomic E-state index is -0.428. The normalized spacial score (nSPS) is 13.0. The summed E-state index contributed by atoms with van der Waals surface area (Å²) in [6.45, 7) is 8.42. The van der Waals surface area contributed by atoms with Gasteiger partial charge in [-0.1, -0.05) is 231 Å². The number of fused-ring (bicyclic) bond motifs is 12. The molecular formula is C108H78BClN10O2. The van der Waals surface area contributed by atoms with Gasteiger partial charge in [-0.3, -0.25) is 9.97 Å². The van der Waals surface area contributed by atoms with Crippen LogP contribution in [0, 0.1) is 0 Å². The van der Waals surface area contributed by atoms with Crippen molar-refractivity contribution in [3.63, 3.8) is 0 Å². The van der Waals surface area contributed by atoms with Crippen LogP contribution in [0.25, 0.3) is 189 Å². The summed E-state index contributed by atoms with van der Waals surface area (Å²) in [6.07, 6.45) is 7.98. The van der Waals surface area contributed by atoms with Gasteiger partial charge in [-0.05, 0) is 213 Å². The molecule has 1 aliphatic heterocycles. The lowest BCUT2D eigenvalue weighted by Crippen LogP contribution is -2.41. The van der Waals surface area contributed by atoms with Crippen molar-refractivity contribution in [1.29, 1.82) is 0 Å². The van der Waals surface area contributed by atoms with Crippen molar-refractivity contribution in [2.24, 2.45) is 0 Å². The molecule has 0 N–H and O–H groups in total. The Labute approximate surface area is 710 Å². The van der Waals surface area contributed by atoms with Crippen molar-refractivity contribution < 1.29 is 9.31 Å². The second-order valence-electron chi connectivity index (χ2n) is 31.8. The first-order valence-electron chi connectivity index (χ1n) is 41.1. The van der Waals surface area contributed by atoms with Gasteiger partial charge >= 0.3 is 7.12 Å². The van der Waals surface area contributed by atoms with Crippen LogP contribution in [0.3, 0.4) is 0 Å². The van der Waals surface area contributed by atoms with Crippen LogP contribution in [0.4, 0.5) is 0 Å². The van der Waals surface area contributed by atoms with E-state index in [1.807, 2.05) is 97.2 Å². The Morgan fingerprint density at radius 3 is 1.16 bits per heavy atom. The summed E-state index contributed by atoms with van der Waals surface area (Å²) >= 11 is 6.07. The van der Waals surface area contributed by atoms with E-state index in [9.17, 15) is 0 Å². The number of hydrogen-bond donors (Lipinski definition) is 0. The molecule has 1 fully saturated rings. The molecule has 12 nitrogen and oxygen atoms in total. The molecule has 0 aliphatic carbocycles. The Balaban J connectivity index is 0.000000122. The van der Waals surface area contributed by atoms with Gasteiger partial charge in [0.2, 0.25) is 5.28 Å². The minimum absolute atomic E-state index is 0.257. The molecule has 0 amide bonds. The number of hydrogen-bond acceptors (Lipinski definition) is 8. The highest BCUT2D eigenvalue weighted by atomic mass is 35.5. The first-order valence-corrected chi connectivity index (χ1v) is 41.4. The zero-order valence-corrected chi connectivity index (χ0v) is 68.1. The van der Waals surface area contributed by atoms with Crippen molar-refractivity contribution in [1.82, 2.24) is 48.2 Å². The lowest BCUT2D eigenvalue weighted by atomic mass is 9.78. The van der Waals surface area contributed by atoms with Crippen LogP contribution in [0.5, 0.6) is 0 Å². The molecule has 0 atom stereocenters. The van der Waals surface area contributed by atoms with E-state index in [4.69, 9.17) is 30.9 Å². The molecule has 1 aliphatic rings. The Bertz CT molecular complexity index is 7680. The monoisotopic (exact) mass is 1590 g/mol. The largest absolute Gasteiger partial charge is 0.494 e. The molecule has 23 rings (SSSR count). The number of aromatic nitrogens is 10. The SMILES string of the molecule is CC1(C)OB(c2ccc3c(c2)c2c4ccn(-c5ccccc5)c4ccc2n3-c2cccc(-c3ccccc3)c2)OC1(C)C.Clc1nc(-c2ccc(-c3ccccn3)cc2)c2ccccc2n1.c1ccc(-c2cccc(-n3c4ccc(-c5nc(-c6ccc(-c7ccccn7)cc6)c6ccccc6n5)cc4c4c5ccn(-c6ccccc6)c5ccc43)c2)cc1. The van der Waals surface area contributed by atoms with Crippen LogP contribution in [-0.2, 0) is 9.31 Å². The van der Waals surface area contributed by atoms with Gasteiger partial charge in [0, 0.05) is 118 Å². The highest BCUT2D eigenvalue weighted by molar-refractivity contribution is 6.62. The Morgan fingerprint density at radius 1 is 0.279 bits per heavy atom. The van der Waals surface area contributed by atoms with Crippen molar-refractivity contribution in [3.8, 4) is 101 Å². The lowest BCUT2D eigenvalue weighted by molar-refractivity contribution is 0.00578. The van der Waals surface area contributed by atoms with Crippen molar-refractivity contribution in [2.45, 2.75) is 38.9 Å². The highest BCUT2D eigenvalue weighted by Crippen LogP contribution is 2.44. The average molecular weight is 1590 g/mol. The highest BCUT2D eigenvalue weighted by Gasteiger charge is 2.52. The first kappa shape index (κ1) is 74.6. The van der Waals surface area contributed by atoms with Gasteiger partial charge in [-0.15, -0.1) is 0 Å². The number of nitrogens with zero attached hydrogens (tertiary/aromatic N) is 10. The average Bonchev–Trinajstić information content (AvgIpc) is 1.56. The Kier molecular flexibility index (Phi) is 19.0. The fourth-order valence-electron chi connectivity index (χ4n) is 17.2. The van der Waals surface area contributed by atoms with Crippen LogP contribution in [0.15, 0.2) is 401 Å². The third-order valence-electron chi connectivity index (χ3n) is 23.9. The van der Waals surface area contributed by atoms with E-state index in [1.165, 1.54) is 60.2 Å². The van der Waals surface area contributed by atoms with E-state index < -0.39 is 18.3 Å². The molecule has 8 aromatic heterocycles. The molecule has 0 radical (unpaired) electrons. The fraction of sp³-hybridized carbons (Fsp3) is 0.0556. The van der Waals surface area contributed by atoms with Crippen LogP contribution < -0.4 is 5.46 Å². The number of halogens is 1. The van der Waals surface area contributed by atoms with E-state index in [-0.39, 0.29) is 5.28 Å². The van der Waals surface area contributed by atoms with Crippen LogP contribution in [-0.4, -0.2) is 66.5 Å². The van der Waals surface area contributed by atoms with E-state index in [1.54, 1.807) is 6.20 Å². The van der Waals surface area contributed by atoms with E-state index in [0.717, 1.165) is 128 Å². The molecule has 0 unspecified atom stereocenters. The fourth-order valence-corrected chi connectivity index (χ4v) is 17.4. The maximum absolute atomic E-state index is 6.48. The molecule has 0 saturated carbocycles. The van der Waals surface area contributed by atoms with Gasteiger partial charge in [0.15, 0.2) is 5.82 Å². The predicted molar refractivity (Wildman–Crippen MR) is 502 cm³/mol. The summed E-state index contributed by atoms with van der Waals surface area (Å²) in [5, 5.41) is 9.43. The standard InChI is InChI=1S/C51H33N5.C38H33BN2O2.C19H12ClN3/c1-3-12-34(13-4-1)37-14-11-17-40(32-37)56-47-26-25-38(33-43(47)49-42-29-31-55(39-15-5-2-6-16-39)46(42)27-28-48(49)56)51-53-45-20-8-7-18-41(45)50(54-51)36-23-21-35(22-24-36)44-19-9-10-30-52-44;1-37(2)38(3,4)43-39(42-37)28-18-19-34-32(25-28)36-31-22-23-40(29-15-9-6-10-16-29)33(31)20-21-35(36)41(34)30-17-11-14-27(24-30)26-12-7-5-8-13-26;20-19-22-17-7-2-1-5-15(17)18(23-19)14-10-8-13(9-11-14)16-6-3-4-12-21-16/h1-33H;5-25H,1-4H3;1-12H.